The van der Waals surface area contributed by atoms with E-state index in [2.05, 4.69) is 27.7 Å². The standard InChI is InChI=1S/C30H31F3N6O2/c1-3-21-23(32)6-5-18-11-20(40)15-39(26(18)21)28-24(33)25-22(27(36-28)38-10-7-17(38)2)13-34-29(35-25)41-16-30-8-4-9-37(30)14-19(31)12-30/h1,5-6,13,17,19-20,40H,4,7-12,14-16H2,2H3/t17-,19+,20?,30-/m0/s1. The van der Waals surface area contributed by atoms with Crippen LogP contribution in [0.2, 0.25) is 0 Å². The first-order chi connectivity index (χ1) is 19.8. The number of anilines is 3. The van der Waals surface area contributed by atoms with Crippen molar-refractivity contribution in [1.82, 2.24) is 19.9 Å². The second kappa shape index (κ2) is 9.74. The molecule has 3 aromatic rings. The van der Waals surface area contributed by atoms with Gasteiger partial charge in [0.15, 0.2) is 11.6 Å². The molecule has 11 heteroatoms. The maximum Gasteiger partial charge on any atom is 0.317 e. The number of hydrogen-bond acceptors (Lipinski definition) is 8. The number of alkyl halides is 1. The molecule has 0 bridgehead atoms. The molecule has 6 heterocycles. The molecule has 0 amide bonds. The van der Waals surface area contributed by atoms with Gasteiger partial charge in [-0.25, -0.2) is 23.1 Å². The molecule has 1 aromatic carbocycles. The van der Waals surface area contributed by atoms with E-state index in [0.29, 0.717) is 35.4 Å². The third kappa shape index (κ3) is 4.18. The molecule has 0 saturated carbocycles. The van der Waals surface area contributed by atoms with E-state index in [0.717, 1.165) is 32.4 Å². The minimum atomic E-state index is -0.899. The van der Waals surface area contributed by atoms with Gasteiger partial charge >= 0.3 is 6.01 Å². The van der Waals surface area contributed by atoms with Gasteiger partial charge in [-0.2, -0.15) is 4.98 Å². The van der Waals surface area contributed by atoms with Crippen LogP contribution in [0.4, 0.5) is 30.5 Å². The Hall–Kier alpha value is -3.62. The normalized spacial score (nSPS) is 27.5. The van der Waals surface area contributed by atoms with Gasteiger partial charge in [0.25, 0.3) is 0 Å². The molecule has 1 N–H and O–H groups in total. The number of fused-ring (bicyclic) bond motifs is 3. The highest BCUT2D eigenvalue weighted by molar-refractivity contribution is 5.93. The van der Waals surface area contributed by atoms with Crippen molar-refractivity contribution in [2.45, 2.75) is 62.9 Å². The minimum Gasteiger partial charge on any atom is -0.461 e. The Morgan fingerprint density at radius 1 is 1.20 bits per heavy atom. The Morgan fingerprint density at radius 3 is 2.80 bits per heavy atom. The van der Waals surface area contributed by atoms with Gasteiger partial charge in [-0.1, -0.05) is 12.0 Å². The van der Waals surface area contributed by atoms with Crippen molar-refractivity contribution in [2.24, 2.45) is 0 Å². The second-order valence-electron chi connectivity index (χ2n) is 11.7. The van der Waals surface area contributed by atoms with Crippen LogP contribution in [0, 0.1) is 24.0 Å². The molecular weight excluding hydrogens is 533 g/mol. The van der Waals surface area contributed by atoms with E-state index in [1.807, 2.05) is 4.90 Å². The summed E-state index contributed by atoms with van der Waals surface area (Å²) in [5.74, 6) is 1.44. The SMILES string of the molecule is C#Cc1c(F)ccc2c1N(c1nc(N3CC[C@@H]3C)c3cnc(OC[C@@]45CCCN4C[C@H](F)C5)nc3c1F)CC(O)C2. The Kier molecular flexibility index (Phi) is 6.24. The number of aliphatic hydroxyl groups excluding tert-OH is 1. The number of hydrogen-bond donors (Lipinski definition) is 1. The molecule has 41 heavy (non-hydrogen) atoms. The summed E-state index contributed by atoms with van der Waals surface area (Å²) in [5.41, 5.74) is 0.517. The zero-order chi connectivity index (χ0) is 28.5. The zero-order valence-electron chi connectivity index (χ0n) is 22.8. The molecule has 4 atom stereocenters. The summed E-state index contributed by atoms with van der Waals surface area (Å²) >= 11 is 0. The van der Waals surface area contributed by atoms with Gasteiger partial charge in [-0.05, 0) is 44.4 Å². The van der Waals surface area contributed by atoms with Gasteiger partial charge in [0.2, 0.25) is 0 Å². The van der Waals surface area contributed by atoms with Gasteiger partial charge in [-0.15, -0.1) is 6.42 Å². The van der Waals surface area contributed by atoms with E-state index < -0.39 is 29.4 Å². The van der Waals surface area contributed by atoms with Gasteiger partial charge in [0.1, 0.15) is 29.9 Å². The van der Waals surface area contributed by atoms with Crippen LogP contribution in [0.25, 0.3) is 10.9 Å². The van der Waals surface area contributed by atoms with Gasteiger partial charge in [-0.3, -0.25) is 4.90 Å². The highest BCUT2D eigenvalue weighted by Gasteiger charge is 2.49. The predicted molar refractivity (Wildman–Crippen MR) is 148 cm³/mol. The largest absolute Gasteiger partial charge is 0.461 e. The van der Waals surface area contributed by atoms with E-state index in [1.165, 1.54) is 17.2 Å². The maximum absolute atomic E-state index is 16.5. The van der Waals surface area contributed by atoms with Crippen LogP contribution in [-0.4, -0.2) is 81.6 Å². The number of benzene rings is 1. The van der Waals surface area contributed by atoms with E-state index in [-0.39, 0.29) is 48.5 Å². The van der Waals surface area contributed by atoms with Gasteiger partial charge < -0.3 is 19.6 Å². The molecule has 2 aromatic heterocycles. The third-order valence-electron chi connectivity index (χ3n) is 9.18. The molecule has 4 aliphatic heterocycles. The predicted octanol–water partition coefficient (Wildman–Crippen LogP) is 3.89. The summed E-state index contributed by atoms with van der Waals surface area (Å²) in [5, 5.41) is 11.1. The zero-order valence-corrected chi connectivity index (χ0v) is 22.8. The number of aromatic nitrogens is 3. The molecule has 4 aliphatic rings. The quantitative estimate of drug-likeness (QED) is 0.468. The molecule has 1 unspecified atom stereocenters. The number of halogens is 3. The van der Waals surface area contributed by atoms with E-state index in [4.69, 9.17) is 16.1 Å². The third-order valence-corrected chi connectivity index (χ3v) is 9.18. The maximum atomic E-state index is 16.5. The lowest BCUT2D eigenvalue weighted by atomic mass is 9.95. The van der Waals surface area contributed by atoms with Gasteiger partial charge in [0, 0.05) is 38.2 Å². The Labute approximate surface area is 236 Å². The van der Waals surface area contributed by atoms with Crippen LogP contribution >= 0.6 is 0 Å². The number of aliphatic hydroxyl groups is 1. The monoisotopic (exact) mass is 564 g/mol. The summed E-state index contributed by atoms with van der Waals surface area (Å²) in [6.07, 6.45) is 8.85. The first kappa shape index (κ1) is 26.3. The van der Waals surface area contributed by atoms with Crippen molar-refractivity contribution < 1.29 is 23.0 Å². The fourth-order valence-corrected chi connectivity index (χ4v) is 6.99. The van der Waals surface area contributed by atoms with Crippen molar-refractivity contribution in [3.05, 3.63) is 41.1 Å². The molecule has 3 fully saturated rings. The Balaban J connectivity index is 1.33. The first-order valence-electron chi connectivity index (χ1n) is 14.2. The molecule has 0 radical (unpaired) electrons. The lowest BCUT2D eigenvalue weighted by Gasteiger charge is -2.41. The van der Waals surface area contributed by atoms with E-state index in [9.17, 15) is 13.9 Å². The molecule has 8 nitrogen and oxygen atoms in total. The molecule has 0 spiro atoms. The average molecular weight is 565 g/mol. The number of nitrogens with zero attached hydrogens (tertiary/aromatic N) is 6. The van der Waals surface area contributed by atoms with Crippen molar-refractivity contribution >= 4 is 28.2 Å². The topological polar surface area (TPSA) is 77.9 Å². The van der Waals surface area contributed by atoms with Crippen molar-refractivity contribution in [3.8, 4) is 18.4 Å². The summed E-state index contributed by atoms with van der Waals surface area (Å²) in [4.78, 5) is 19.2. The summed E-state index contributed by atoms with van der Waals surface area (Å²) in [6.45, 7) is 4.19. The van der Waals surface area contributed by atoms with E-state index in [1.54, 1.807) is 6.07 Å². The number of ether oxygens (including phenoxy) is 1. The number of pyridine rings is 1. The van der Waals surface area contributed by atoms with Gasteiger partial charge in [0.05, 0.1) is 34.8 Å². The highest BCUT2D eigenvalue weighted by atomic mass is 19.1. The smallest absolute Gasteiger partial charge is 0.317 e. The molecule has 3 saturated heterocycles. The minimum absolute atomic E-state index is 0.00458. The number of rotatable bonds is 5. The molecule has 214 valence electrons. The van der Waals surface area contributed by atoms with Crippen LogP contribution in [-0.2, 0) is 6.42 Å². The van der Waals surface area contributed by atoms with Crippen LogP contribution in [0.5, 0.6) is 6.01 Å². The number of terminal acetylenes is 1. The highest BCUT2D eigenvalue weighted by Crippen LogP contribution is 2.43. The Bertz CT molecular complexity index is 1580. The average Bonchev–Trinajstić information content (AvgIpc) is 3.48. The second-order valence-corrected chi connectivity index (χ2v) is 11.7. The van der Waals surface area contributed by atoms with Crippen LogP contribution in [0.1, 0.15) is 43.7 Å². The van der Waals surface area contributed by atoms with Crippen LogP contribution in [0.15, 0.2) is 18.3 Å². The fraction of sp³-hybridized carbons (Fsp3) is 0.500. The first-order valence-corrected chi connectivity index (χ1v) is 14.2. The van der Waals surface area contributed by atoms with Crippen LogP contribution in [0.3, 0.4) is 0 Å². The van der Waals surface area contributed by atoms with E-state index >= 15 is 4.39 Å². The fourth-order valence-electron chi connectivity index (χ4n) is 6.99. The lowest BCUT2D eigenvalue weighted by Crippen LogP contribution is -2.46. The van der Waals surface area contributed by atoms with Crippen molar-refractivity contribution in [1.29, 1.82) is 0 Å². The summed E-state index contributed by atoms with van der Waals surface area (Å²) in [7, 11) is 0. The molecule has 0 aliphatic carbocycles. The molecular formula is C30H31F3N6O2. The lowest BCUT2D eigenvalue weighted by molar-refractivity contribution is 0.107. The van der Waals surface area contributed by atoms with Crippen molar-refractivity contribution in [2.75, 3.05) is 42.6 Å². The Morgan fingerprint density at radius 2 is 2.05 bits per heavy atom. The van der Waals surface area contributed by atoms with Crippen molar-refractivity contribution in [3.63, 3.8) is 0 Å². The van der Waals surface area contributed by atoms with Crippen LogP contribution < -0.4 is 14.5 Å². The number of β-amino-alcohol motifs (C(OH)–C–C–N with tert-alkyl or cyclic N) is 1. The summed E-state index contributed by atoms with van der Waals surface area (Å²) in [6, 6.07) is 2.98. The summed E-state index contributed by atoms with van der Waals surface area (Å²) < 4.78 is 51.6. The molecule has 7 rings (SSSR count).